The molecule has 1 aliphatic rings. The number of nitrogens with one attached hydrogen (secondary N) is 1. The van der Waals surface area contributed by atoms with Gasteiger partial charge in [-0.1, -0.05) is 42.5 Å². The molecule has 0 saturated carbocycles. The predicted octanol–water partition coefficient (Wildman–Crippen LogP) is 4.19. The Kier molecular flexibility index (Phi) is 4.99. The van der Waals surface area contributed by atoms with Crippen LogP contribution >= 0.6 is 0 Å². The Bertz CT molecular complexity index is 940. The summed E-state index contributed by atoms with van der Waals surface area (Å²) in [4.78, 5) is 15.1. The standard InChI is InChI=1S/C23H27N3O/c1-17(19-11-5-9-18-8-3-4-10-20(18)19)24-23(27)16-26-15-7-13-22(26)21-12-6-14-25(21)2/h3-6,8-12,14,17,22H,7,13,15-16H2,1-2H3,(H,24,27)/t17-,22-/m0/s1. The summed E-state index contributed by atoms with van der Waals surface area (Å²) in [6.07, 6.45) is 4.33. The van der Waals surface area contributed by atoms with Gasteiger partial charge in [-0.25, -0.2) is 0 Å². The zero-order chi connectivity index (χ0) is 18.8. The third-order valence-electron chi connectivity index (χ3n) is 5.70. The Hall–Kier alpha value is -2.59. The van der Waals surface area contributed by atoms with Gasteiger partial charge in [0.05, 0.1) is 18.6 Å². The maximum atomic E-state index is 12.8. The van der Waals surface area contributed by atoms with Crippen LogP contribution in [0.5, 0.6) is 0 Å². The molecule has 1 saturated heterocycles. The highest BCUT2D eigenvalue weighted by Gasteiger charge is 2.29. The van der Waals surface area contributed by atoms with Gasteiger partial charge in [-0.05, 0) is 54.8 Å². The van der Waals surface area contributed by atoms with E-state index in [2.05, 4.69) is 83.5 Å². The van der Waals surface area contributed by atoms with Crippen molar-refractivity contribution in [1.82, 2.24) is 14.8 Å². The monoisotopic (exact) mass is 361 g/mol. The van der Waals surface area contributed by atoms with E-state index in [1.807, 2.05) is 6.07 Å². The van der Waals surface area contributed by atoms with E-state index in [4.69, 9.17) is 0 Å². The van der Waals surface area contributed by atoms with E-state index in [9.17, 15) is 4.79 Å². The lowest BCUT2D eigenvalue weighted by Gasteiger charge is -2.25. The molecular formula is C23H27N3O. The van der Waals surface area contributed by atoms with Gasteiger partial charge < -0.3 is 9.88 Å². The van der Waals surface area contributed by atoms with Gasteiger partial charge in [-0.3, -0.25) is 9.69 Å². The molecule has 4 rings (SSSR count). The van der Waals surface area contributed by atoms with Crippen molar-refractivity contribution in [2.75, 3.05) is 13.1 Å². The molecule has 2 aromatic carbocycles. The smallest absolute Gasteiger partial charge is 0.234 e. The number of amides is 1. The lowest BCUT2D eigenvalue weighted by molar-refractivity contribution is -0.123. The lowest BCUT2D eigenvalue weighted by atomic mass is 10.00. The van der Waals surface area contributed by atoms with E-state index in [-0.39, 0.29) is 11.9 Å². The quantitative estimate of drug-likeness (QED) is 0.740. The minimum atomic E-state index is -0.0142. The van der Waals surface area contributed by atoms with E-state index >= 15 is 0 Å². The van der Waals surface area contributed by atoms with E-state index in [1.54, 1.807) is 0 Å². The number of carbonyl (C=O) groups excluding carboxylic acids is 1. The van der Waals surface area contributed by atoms with E-state index in [0.29, 0.717) is 12.6 Å². The lowest BCUT2D eigenvalue weighted by Crippen LogP contribution is -2.38. The number of aryl methyl sites for hydroxylation is 1. The highest BCUT2D eigenvalue weighted by Crippen LogP contribution is 2.31. The van der Waals surface area contributed by atoms with Gasteiger partial charge in [0.2, 0.25) is 5.91 Å². The number of fused-ring (bicyclic) bond motifs is 1. The molecule has 4 nitrogen and oxygen atoms in total. The van der Waals surface area contributed by atoms with E-state index in [0.717, 1.165) is 19.4 Å². The topological polar surface area (TPSA) is 37.3 Å². The number of hydrogen-bond acceptors (Lipinski definition) is 2. The van der Waals surface area contributed by atoms with Crippen molar-refractivity contribution in [3.05, 3.63) is 72.1 Å². The average Bonchev–Trinajstić information content (AvgIpc) is 3.29. The first kappa shape index (κ1) is 17.8. The Labute approximate surface area is 160 Å². The zero-order valence-corrected chi connectivity index (χ0v) is 16.1. The Balaban J connectivity index is 1.45. The fourth-order valence-corrected chi connectivity index (χ4v) is 4.35. The SMILES string of the molecule is C[C@H](NC(=O)CN1CCC[C@H]1c1cccn1C)c1cccc2ccccc12. The molecule has 1 fully saturated rings. The van der Waals surface area contributed by atoms with Crippen molar-refractivity contribution >= 4 is 16.7 Å². The minimum Gasteiger partial charge on any atom is -0.353 e. The van der Waals surface area contributed by atoms with Crippen molar-refractivity contribution in [1.29, 1.82) is 0 Å². The van der Waals surface area contributed by atoms with Crippen molar-refractivity contribution in [2.24, 2.45) is 7.05 Å². The molecule has 27 heavy (non-hydrogen) atoms. The second-order valence-electron chi connectivity index (χ2n) is 7.53. The second kappa shape index (κ2) is 7.57. The number of nitrogens with zero attached hydrogens (tertiary/aromatic N) is 2. The molecule has 1 aromatic heterocycles. The van der Waals surface area contributed by atoms with Crippen LogP contribution in [0.4, 0.5) is 0 Å². The Morgan fingerprint density at radius 1 is 1.15 bits per heavy atom. The molecule has 1 aliphatic heterocycles. The highest BCUT2D eigenvalue weighted by molar-refractivity contribution is 5.87. The van der Waals surface area contributed by atoms with Gasteiger partial charge >= 0.3 is 0 Å². The first-order valence-corrected chi connectivity index (χ1v) is 9.76. The highest BCUT2D eigenvalue weighted by atomic mass is 16.2. The molecule has 0 spiro atoms. The zero-order valence-electron chi connectivity index (χ0n) is 16.1. The molecule has 0 bridgehead atoms. The largest absolute Gasteiger partial charge is 0.353 e. The molecule has 2 heterocycles. The molecule has 3 aromatic rings. The first-order chi connectivity index (χ1) is 13.1. The van der Waals surface area contributed by atoms with Crippen LogP contribution in [-0.2, 0) is 11.8 Å². The summed E-state index contributed by atoms with van der Waals surface area (Å²) in [5, 5.41) is 5.62. The number of hydrogen-bond donors (Lipinski definition) is 1. The second-order valence-corrected chi connectivity index (χ2v) is 7.53. The van der Waals surface area contributed by atoms with Crippen LogP contribution in [0.2, 0.25) is 0 Å². The average molecular weight is 361 g/mol. The van der Waals surface area contributed by atoms with Crippen LogP contribution in [0.15, 0.2) is 60.8 Å². The molecule has 0 aliphatic carbocycles. The Morgan fingerprint density at radius 3 is 2.78 bits per heavy atom. The van der Waals surface area contributed by atoms with Crippen molar-refractivity contribution in [3.63, 3.8) is 0 Å². The minimum absolute atomic E-state index is 0.0142. The van der Waals surface area contributed by atoms with Crippen LogP contribution < -0.4 is 5.32 Å². The molecule has 0 unspecified atom stereocenters. The van der Waals surface area contributed by atoms with Gasteiger partial charge in [0.1, 0.15) is 0 Å². The predicted molar refractivity (Wildman–Crippen MR) is 109 cm³/mol. The number of carbonyl (C=O) groups is 1. The third kappa shape index (κ3) is 3.62. The third-order valence-corrected chi connectivity index (χ3v) is 5.70. The summed E-state index contributed by atoms with van der Waals surface area (Å²) < 4.78 is 2.17. The van der Waals surface area contributed by atoms with Crippen molar-refractivity contribution in [3.8, 4) is 0 Å². The summed E-state index contributed by atoms with van der Waals surface area (Å²) in [5.41, 5.74) is 2.46. The summed E-state index contributed by atoms with van der Waals surface area (Å²) in [5.74, 6) is 0.0940. The van der Waals surface area contributed by atoms with Crippen LogP contribution in [0.1, 0.15) is 43.1 Å². The van der Waals surface area contributed by atoms with Crippen LogP contribution in [-0.4, -0.2) is 28.5 Å². The normalized spacial score (nSPS) is 18.7. The van der Waals surface area contributed by atoms with Gasteiger partial charge in [0.25, 0.3) is 0 Å². The molecule has 4 heteroatoms. The first-order valence-electron chi connectivity index (χ1n) is 9.76. The maximum absolute atomic E-state index is 12.8. The molecule has 0 radical (unpaired) electrons. The maximum Gasteiger partial charge on any atom is 0.234 e. The molecule has 1 amide bonds. The van der Waals surface area contributed by atoms with Crippen molar-refractivity contribution < 1.29 is 4.79 Å². The van der Waals surface area contributed by atoms with Crippen LogP contribution in [0, 0.1) is 0 Å². The number of benzene rings is 2. The summed E-state index contributed by atoms with van der Waals surface area (Å²) in [6.45, 7) is 3.50. The molecular weight excluding hydrogens is 334 g/mol. The van der Waals surface area contributed by atoms with Gasteiger partial charge in [-0.15, -0.1) is 0 Å². The molecule has 1 N–H and O–H groups in total. The molecule has 140 valence electrons. The van der Waals surface area contributed by atoms with Gasteiger partial charge in [0.15, 0.2) is 0 Å². The number of rotatable bonds is 5. The summed E-state index contributed by atoms with van der Waals surface area (Å²) >= 11 is 0. The summed E-state index contributed by atoms with van der Waals surface area (Å²) in [6, 6.07) is 19.2. The van der Waals surface area contributed by atoms with Gasteiger partial charge in [-0.2, -0.15) is 0 Å². The van der Waals surface area contributed by atoms with E-state index < -0.39 is 0 Å². The molecule has 2 atom stereocenters. The number of likely N-dealkylation sites (tertiary alicyclic amines) is 1. The van der Waals surface area contributed by atoms with Crippen LogP contribution in [0.25, 0.3) is 10.8 Å². The van der Waals surface area contributed by atoms with E-state index in [1.165, 1.54) is 22.0 Å². The van der Waals surface area contributed by atoms with Crippen molar-refractivity contribution in [2.45, 2.75) is 31.8 Å². The summed E-state index contributed by atoms with van der Waals surface area (Å²) in [7, 11) is 2.08. The van der Waals surface area contributed by atoms with Gasteiger partial charge in [0, 0.05) is 18.9 Å². The van der Waals surface area contributed by atoms with Crippen LogP contribution in [0.3, 0.4) is 0 Å². The Morgan fingerprint density at radius 2 is 1.96 bits per heavy atom. The fourth-order valence-electron chi connectivity index (χ4n) is 4.35. The fraction of sp³-hybridized carbons (Fsp3) is 0.348. The number of aromatic nitrogens is 1.